The van der Waals surface area contributed by atoms with Crippen LogP contribution in [0.5, 0.6) is 0 Å². The van der Waals surface area contributed by atoms with Crippen LogP contribution in [-0.2, 0) is 22.2 Å². The summed E-state index contributed by atoms with van der Waals surface area (Å²) < 4.78 is 31.5. The Bertz CT molecular complexity index is 934. The fraction of sp³-hybridized carbons (Fsp3) is 0.524. The number of aliphatic imine (C=N–C) groups is 1. The summed E-state index contributed by atoms with van der Waals surface area (Å²) in [6.07, 6.45) is 2.24. The lowest BCUT2D eigenvalue weighted by molar-refractivity contribution is 0.260. The molecule has 0 aliphatic carbocycles. The molecule has 31 heavy (non-hydrogen) atoms. The predicted octanol–water partition coefficient (Wildman–Crippen LogP) is 1.40. The van der Waals surface area contributed by atoms with Crippen LogP contribution in [-0.4, -0.2) is 82.1 Å². The van der Waals surface area contributed by atoms with Crippen molar-refractivity contribution in [2.75, 3.05) is 58.3 Å². The molecule has 1 aliphatic rings. The number of piperazine rings is 1. The standard InChI is InChI=1S/C21H32N6O3S/c1-4-22-21(23-11-9-18-5-7-20(8-6-18)25(2)3)26-12-14-27(15-13-26)31(28,29)17-19-10-16-30-24-19/h5-8,10,16H,4,9,11-15,17H2,1-3H3,(H,22,23). The number of guanidine groups is 1. The lowest BCUT2D eigenvalue weighted by Crippen LogP contribution is -2.54. The summed E-state index contributed by atoms with van der Waals surface area (Å²) in [5.41, 5.74) is 2.85. The molecule has 2 heterocycles. The van der Waals surface area contributed by atoms with E-state index in [1.165, 1.54) is 21.8 Å². The van der Waals surface area contributed by atoms with Crippen LogP contribution in [0.4, 0.5) is 5.69 Å². The summed E-state index contributed by atoms with van der Waals surface area (Å²) in [6.45, 7) is 5.53. The van der Waals surface area contributed by atoms with Crippen LogP contribution >= 0.6 is 0 Å². The van der Waals surface area contributed by atoms with Crippen molar-refractivity contribution in [1.29, 1.82) is 0 Å². The van der Waals surface area contributed by atoms with Crippen LogP contribution in [0.25, 0.3) is 0 Å². The maximum Gasteiger partial charge on any atom is 0.220 e. The van der Waals surface area contributed by atoms with Gasteiger partial charge in [-0.15, -0.1) is 0 Å². The van der Waals surface area contributed by atoms with E-state index in [0.29, 0.717) is 38.4 Å². The van der Waals surface area contributed by atoms with E-state index in [2.05, 4.69) is 44.5 Å². The molecule has 1 aromatic heterocycles. The van der Waals surface area contributed by atoms with Gasteiger partial charge >= 0.3 is 0 Å². The minimum Gasteiger partial charge on any atom is -0.378 e. The van der Waals surface area contributed by atoms with Crippen molar-refractivity contribution in [3.05, 3.63) is 47.9 Å². The second kappa shape index (κ2) is 10.6. The molecular weight excluding hydrogens is 416 g/mol. The Labute approximate surface area is 184 Å². The highest BCUT2D eigenvalue weighted by Gasteiger charge is 2.28. The number of anilines is 1. The van der Waals surface area contributed by atoms with Gasteiger partial charge in [-0.05, 0) is 31.0 Å². The smallest absolute Gasteiger partial charge is 0.220 e. The van der Waals surface area contributed by atoms with E-state index in [1.807, 2.05) is 21.0 Å². The molecule has 1 N–H and O–H groups in total. The summed E-state index contributed by atoms with van der Waals surface area (Å²) in [5.74, 6) is 0.700. The first-order valence-corrected chi connectivity index (χ1v) is 12.2. The number of nitrogens with zero attached hydrogens (tertiary/aromatic N) is 5. The Kier molecular flexibility index (Phi) is 7.91. The third kappa shape index (κ3) is 6.44. The Morgan fingerprint density at radius 2 is 1.87 bits per heavy atom. The summed E-state index contributed by atoms with van der Waals surface area (Å²) in [4.78, 5) is 8.97. The minimum atomic E-state index is -3.41. The highest BCUT2D eigenvalue weighted by atomic mass is 32.2. The third-order valence-corrected chi connectivity index (χ3v) is 7.02. The molecule has 170 valence electrons. The van der Waals surface area contributed by atoms with Crippen molar-refractivity contribution in [2.45, 2.75) is 19.1 Å². The molecule has 9 nitrogen and oxygen atoms in total. The van der Waals surface area contributed by atoms with E-state index in [1.54, 1.807) is 6.07 Å². The number of nitrogens with one attached hydrogen (secondary N) is 1. The first-order chi connectivity index (χ1) is 14.9. The van der Waals surface area contributed by atoms with E-state index < -0.39 is 10.0 Å². The lowest BCUT2D eigenvalue weighted by Gasteiger charge is -2.35. The Morgan fingerprint density at radius 3 is 2.45 bits per heavy atom. The van der Waals surface area contributed by atoms with Gasteiger partial charge in [-0.3, -0.25) is 4.99 Å². The van der Waals surface area contributed by atoms with Crippen LogP contribution in [0.3, 0.4) is 0 Å². The number of rotatable bonds is 8. The predicted molar refractivity (Wildman–Crippen MR) is 123 cm³/mol. The van der Waals surface area contributed by atoms with E-state index in [4.69, 9.17) is 9.52 Å². The van der Waals surface area contributed by atoms with Crippen LogP contribution < -0.4 is 10.2 Å². The SMILES string of the molecule is CCNC(=NCCc1ccc(N(C)C)cc1)N1CCN(S(=O)(=O)Cc2ccon2)CC1. The first kappa shape index (κ1) is 23.1. The maximum absolute atomic E-state index is 12.6. The first-order valence-electron chi connectivity index (χ1n) is 10.6. The van der Waals surface area contributed by atoms with Crippen molar-refractivity contribution in [1.82, 2.24) is 19.7 Å². The zero-order valence-electron chi connectivity index (χ0n) is 18.5. The van der Waals surface area contributed by atoms with E-state index in [-0.39, 0.29) is 5.75 Å². The summed E-state index contributed by atoms with van der Waals surface area (Å²) in [5, 5.41) is 7.04. The average molecular weight is 449 g/mol. The number of sulfonamides is 1. The zero-order chi connectivity index (χ0) is 22.3. The second-order valence-corrected chi connectivity index (χ2v) is 9.65. The fourth-order valence-electron chi connectivity index (χ4n) is 3.45. The highest BCUT2D eigenvalue weighted by Crippen LogP contribution is 2.14. The monoisotopic (exact) mass is 448 g/mol. The molecule has 1 aliphatic heterocycles. The summed E-state index contributed by atoms with van der Waals surface area (Å²) in [7, 11) is 0.648. The van der Waals surface area contributed by atoms with Crippen molar-refractivity contribution in [2.24, 2.45) is 4.99 Å². The van der Waals surface area contributed by atoms with Crippen molar-refractivity contribution in [3.63, 3.8) is 0 Å². The largest absolute Gasteiger partial charge is 0.378 e. The quantitative estimate of drug-likeness (QED) is 0.482. The number of hydrogen-bond donors (Lipinski definition) is 1. The highest BCUT2D eigenvalue weighted by molar-refractivity contribution is 7.88. The molecule has 0 radical (unpaired) electrons. The molecule has 2 aromatic rings. The van der Waals surface area contributed by atoms with Crippen LogP contribution in [0.15, 0.2) is 46.1 Å². The Hall–Kier alpha value is -2.59. The van der Waals surface area contributed by atoms with Gasteiger partial charge in [0.05, 0.1) is 5.69 Å². The second-order valence-electron chi connectivity index (χ2n) is 7.68. The van der Waals surface area contributed by atoms with Gasteiger partial charge in [0.2, 0.25) is 10.0 Å². The van der Waals surface area contributed by atoms with Crippen LogP contribution in [0, 0.1) is 0 Å². The van der Waals surface area contributed by atoms with Gasteiger partial charge in [-0.25, -0.2) is 8.42 Å². The third-order valence-electron chi connectivity index (χ3n) is 5.20. The summed E-state index contributed by atoms with van der Waals surface area (Å²) in [6, 6.07) is 10.1. The van der Waals surface area contributed by atoms with Gasteiger partial charge in [0.1, 0.15) is 12.0 Å². The molecule has 0 amide bonds. The molecule has 0 saturated carbocycles. The van der Waals surface area contributed by atoms with E-state index in [9.17, 15) is 8.42 Å². The maximum atomic E-state index is 12.6. The molecule has 10 heteroatoms. The van der Waals surface area contributed by atoms with E-state index >= 15 is 0 Å². The molecule has 0 atom stereocenters. The lowest BCUT2D eigenvalue weighted by atomic mass is 10.1. The van der Waals surface area contributed by atoms with Crippen molar-refractivity contribution < 1.29 is 12.9 Å². The minimum absolute atomic E-state index is 0.135. The molecule has 1 fully saturated rings. The van der Waals surface area contributed by atoms with Gasteiger partial charge in [0.25, 0.3) is 0 Å². The van der Waals surface area contributed by atoms with Crippen LogP contribution in [0.1, 0.15) is 18.2 Å². The number of benzene rings is 1. The average Bonchev–Trinajstić information content (AvgIpc) is 3.26. The van der Waals surface area contributed by atoms with Gasteiger partial charge < -0.3 is 19.6 Å². The Balaban J connectivity index is 1.54. The molecule has 3 rings (SSSR count). The molecule has 0 spiro atoms. The van der Waals surface area contributed by atoms with Gasteiger partial charge in [-0.2, -0.15) is 4.31 Å². The zero-order valence-corrected chi connectivity index (χ0v) is 19.3. The Morgan fingerprint density at radius 1 is 1.16 bits per heavy atom. The molecule has 1 saturated heterocycles. The molecular formula is C21H32N6O3S. The molecule has 0 unspecified atom stereocenters. The van der Waals surface area contributed by atoms with Gasteiger partial charge in [-0.1, -0.05) is 17.3 Å². The van der Waals surface area contributed by atoms with Gasteiger partial charge in [0.15, 0.2) is 5.96 Å². The fourth-order valence-corrected chi connectivity index (χ4v) is 4.87. The topological polar surface area (TPSA) is 94.3 Å². The normalized spacial score (nSPS) is 15.8. The molecule has 0 bridgehead atoms. The van der Waals surface area contributed by atoms with E-state index in [0.717, 1.165) is 18.9 Å². The van der Waals surface area contributed by atoms with Crippen LogP contribution in [0.2, 0.25) is 0 Å². The molecule has 1 aromatic carbocycles. The number of hydrogen-bond acceptors (Lipinski definition) is 6. The summed E-state index contributed by atoms with van der Waals surface area (Å²) >= 11 is 0. The van der Waals surface area contributed by atoms with Gasteiger partial charge in [0, 0.05) is 65.1 Å². The van der Waals surface area contributed by atoms with Crippen molar-refractivity contribution in [3.8, 4) is 0 Å². The van der Waals surface area contributed by atoms with Crippen molar-refractivity contribution >= 4 is 21.7 Å². The number of aromatic nitrogens is 1.